The third-order valence-electron chi connectivity index (χ3n) is 3.13. The highest BCUT2D eigenvalue weighted by atomic mass is 19.4. The Balaban J connectivity index is 2.40. The minimum absolute atomic E-state index is 0.247. The highest BCUT2D eigenvalue weighted by molar-refractivity contribution is 6.10. The van der Waals surface area contributed by atoms with Gasteiger partial charge in [0, 0.05) is 11.1 Å². The summed E-state index contributed by atoms with van der Waals surface area (Å²) in [6.07, 6.45) is -4.41. The van der Waals surface area contributed by atoms with Crippen molar-refractivity contribution in [3.05, 3.63) is 64.7 Å². The molecule has 2 aromatic rings. The van der Waals surface area contributed by atoms with Crippen LogP contribution in [0.2, 0.25) is 0 Å². The van der Waals surface area contributed by atoms with Gasteiger partial charge >= 0.3 is 6.18 Å². The van der Waals surface area contributed by atoms with Crippen molar-refractivity contribution in [2.45, 2.75) is 13.1 Å². The summed E-state index contributed by atoms with van der Waals surface area (Å²) in [4.78, 5) is 12.4. The van der Waals surface area contributed by atoms with Crippen LogP contribution in [-0.2, 0) is 6.18 Å². The van der Waals surface area contributed by atoms with Crippen LogP contribution < -0.4 is 4.74 Å². The molecule has 0 aromatic heterocycles. The van der Waals surface area contributed by atoms with Crippen molar-refractivity contribution in [1.29, 1.82) is 0 Å². The molecule has 2 rings (SSSR count). The Labute approximate surface area is 120 Å². The lowest BCUT2D eigenvalue weighted by Gasteiger charge is -2.11. The molecule has 0 saturated carbocycles. The van der Waals surface area contributed by atoms with Crippen LogP contribution in [0.1, 0.15) is 27.0 Å². The first kappa shape index (κ1) is 15.1. The van der Waals surface area contributed by atoms with E-state index in [1.54, 1.807) is 24.3 Å². The molecule has 2 aromatic carbocycles. The topological polar surface area (TPSA) is 26.3 Å². The van der Waals surface area contributed by atoms with Crippen LogP contribution >= 0.6 is 0 Å². The van der Waals surface area contributed by atoms with E-state index in [1.807, 2.05) is 0 Å². The number of hydrogen-bond donors (Lipinski definition) is 0. The number of benzene rings is 2. The Bertz CT molecular complexity index is 675. The number of carbonyl (C=O) groups is 1. The van der Waals surface area contributed by atoms with Crippen LogP contribution in [-0.4, -0.2) is 12.9 Å². The summed E-state index contributed by atoms with van der Waals surface area (Å²) in [5.74, 6) is 0.186. The second-order valence-electron chi connectivity index (χ2n) is 4.59. The summed E-state index contributed by atoms with van der Waals surface area (Å²) in [6.45, 7) is 1.49. The van der Waals surface area contributed by atoms with Crippen LogP contribution in [0.25, 0.3) is 0 Å². The predicted octanol–water partition coefficient (Wildman–Crippen LogP) is 4.25. The molecule has 0 aliphatic heterocycles. The zero-order valence-corrected chi connectivity index (χ0v) is 11.5. The van der Waals surface area contributed by atoms with E-state index in [0.717, 1.165) is 12.1 Å². The van der Waals surface area contributed by atoms with Crippen molar-refractivity contribution < 1.29 is 22.7 Å². The predicted molar refractivity (Wildman–Crippen MR) is 72.6 cm³/mol. The van der Waals surface area contributed by atoms with Gasteiger partial charge in [-0.05, 0) is 36.8 Å². The van der Waals surface area contributed by atoms with Gasteiger partial charge in [-0.1, -0.05) is 18.2 Å². The molecule has 110 valence electrons. The molecular formula is C16H13F3O2. The second-order valence-corrected chi connectivity index (χ2v) is 4.59. The molecule has 0 N–H and O–H groups in total. The number of carbonyl (C=O) groups excluding carboxylic acids is 1. The van der Waals surface area contributed by atoms with Crippen molar-refractivity contribution in [1.82, 2.24) is 0 Å². The molecule has 0 unspecified atom stereocenters. The summed E-state index contributed by atoms with van der Waals surface area (Å²) >= 11 is 0. The first-order valence-electron chi connectivity index (χ1n) is 6.19. The monoisotopic (exact) mass is 294 g/mol. The largest absolute Gasteiger partial charge is 0.497 e. The number of alkyl halides is 3. The fraction of sp³-hybridized carbons (Fsp3) is 0.188. The number of aryl methyl sites for hydroxylation is 1. The number of halogens is 3. The van der Waals surface area contributed by atoms with Crippen LogP contribution in [0.5, 0.6) is 5.75 Å². The summed E-state index contributed by atoms with van der Waals surface area (Å²) in [5, 5.41) is 0. The Hall–Kier alpha value is -2.30. The number of rotatable bonds is 3. The van der Waals surface area contributed by atoms with Gasteiger partial charge in [0.2, 0.25) is 0 Å². The quantitative estimate of drug-likeness (QED) is 0.791. The lowest BCUT2D eigenvalue weighted by molar-refractivity contribution is -0.137. The molecule has 2 nitrogen and oxygen atoms in total. The van der Waals surface area contributed by atoms with Gasteiger partial charge in [0.1, 0.15) is 5.75 Å². The van der Waals surface area contributed by atoms with E-state index < -0.39 is 11.7 Å². The van der Waals surface area contributed by atoms with E-state index in [2.05, 4.69) is 0 Å². The Kier molecular flexibility index (Phi) is 4.02. The molecule has 0 amide bonds. The summed E-state index contributed by atoms with van der Waals surface area (Å²) < 4.78 is 42.9. The number of methoxy groups -OCH3 is 1. The molecule has 21 heavy (non-hydrogen) atoms. The van der Waals surface area contributed by atoms with Crippen molar-refractivity contribution in [3.8, 4) is 5.75 Å². The standard InChI is InChI=1S/C16H13F3O2/c1-10-8-12(16(17,18)19)6-7-14(10)15(20)11-4-3-5-13(9-11)21-2/h3-9H,1-2H3. The maximum Gasteiger partial charge on any atom is 0.416 e. The SMILES string of the molecule is COc1cccc(C(=O)c2ccc(C(F)(F)F)cc2C)c1. The lowest BCUT2D eigenvalue weighted by atomic mass is 9.97. The maximum absolute atomic E-state index is 12.6. The van der Waals surface area contributed by atoms with Crippen molar-refractivity contribution >= 4 is 5.78 Å². The number of ether oxygens (including phenoxy) is 1. The average molecular weight is 294 g/mol. The van der Waals surface area contributed by atoms with E-state index in [9.17, 15) is 18.0 Å². The zero-order chi connectivity index (χ0) is 15.6. The molecule has 0 saturated heterocycles. The van der Waals surface area contributed by atoms with Gasteiger partial charge in [0.05, 0.1) is 12.7 Å². The second kappa shape index (κ2) is 5.60. The molecule has 0 spiro atoms. The molecule has 0 fully saturated rings. The highest BCUT2D eigenvalue weighted by Crippen LogP contribution is 2.31. The van der Waals surface area contributed by atoms with Crippen molar-refractivity contribution in [3.63, 3.8) is 0 Å². The molecule has 0 aliphatic rings. The molecule has 0 atom stereocenters. The van der Waals surface area contributed by atoms with E-state index in [-0.39, 0.29) is 16.9 Å². The highest BCUT2D eigenvalue weighted by Gasteiger charge is 2.31. The van der Waals surface area contributed by atoms with Crippen molar-refractivity contribution in [2.24, 2.45) is 0 Å². The van der Waals surface area contributed by atoms with E-state index in [4.69, 9.17) is 4.74 Å². The van der Waals surface area contributed by atoms with Crippen molar-refractivity contribution in [2.75, 3.05) is 7.11 Å². The van der Waals surface area contributed by atoms with Crippen LogP contribution in [0, 0.1) is 6.92 Å². The minimum Gasteiger partial charge on any atom is -0.497 e. The lowest BCUT2D eigenvalue weighted by Crippen LogP contribution is -2.09. The Morgan fingerprint density at radius 3 is 2.38 bits per heavy atom. The van der Waals surface area contributed by atoms with Gasteiger partial charge in [-0.2, -0.15) is 13.2 Å². The molecule has 0 radical (unpaired) electrons. The van der Waals surface area contributed by atoms with Gasteiger partial charge in [-0.15, -0.1) is 0 Å². The number of hydrogen-bond acceptors (Lipinski definition) is 2. The Morgan fingerprint density at radius 2 is 1.81 bits per heavy atom. The molecule has 5 heteroatoms. The molecule has 0 heterocycles. The maximum atomic E-state index is 12.6. The fourth-order valence-corrected chi connectivity index (χ4v) is 2.01. The molecule has 0 bridgehead atoms. The summed E-state index contributed by atoms with van der Waals surface area (Å²) in [6, 6.07) is 9.61. The van der Waals surface area contributed by atoms with Crippen LogP contribution in [0.15, 0.2) is 42.5 Å². The minimum atomic E-state index is -4.41. The smallest absolute Gasteiger partial charge is 0.416 e. The third-order valence-corrected chi connectivity index (χ3v) is 3.13. The van der Waals surface area contributed by atoms with Gasteiger partial charge in [0.15, 0.2) is 5.78 Å². The fourth-order valence-electron chi connectivity index (χ4n) is 2.01. The van der Waals surface area contributed by atoms with Gasteiger partial charge < -0.3 is 4.74 Å². The average Bonchev–Trinajstić information content (AvgIpc) is 2.45. The molecule has 0 aliphatic carbocycles. The molecular weight excluding hydrogens is 281 g/mol. The van der Waals surface area contributed by atoms with E-state index >= 15 is 0 Å². The number of ketones is 1. The first-order chi connectivity index (χ1) is 9.82. The first-order valence-corrected chi connectivity index (χ1v) is 6.19. The third kappa shape index (κ3) is 3.24. The summed E-state index contributed by atoms with van der Waals surface area (Å²) in [7, 11) is 1.48. The zero-order valence-electron chi connectivity index (χ0n) is 11.5. The summed E-state index contributed by atoms with van der Waals surface area (Å²) in [5.41, 5.74) is 0.147. The van der Waals surface area contributed by atoms with Gasteiger partial charge in [0.25, 0.3) is 0 Å². The van der Waals surface area contributed by atoms with E-state index in [1.165, 1.54) is 20.1 Å². The van der Waals surface area contributed by atoms with Crippen LogP contribution in [0.3, 0.4) is 0 Å². The van der Waals surface area contributed by atoms with E-state index in [0.29, 0.717) is 11.3 Å². The normalized spacial score (nSPS) is 11.3. The van der Waals surface area contributed by atoms with Gasteiger partial charge in [-0.25, -0.2) is 0 Å². The van der Waals surface area contributed by atoms with Gasteiger partial charge in [-0.3, -0.25) is 4.79 Å². The van der Waals surface area contributed by atoms with Crippen LogP contribution in [0.4, 0.5) is 13.2 Å². The Morgan fingerprint density at radius 1 is 1.10 bits per heavy atom.